The minimum absolute atomic E-state index is 0.0785. The third-order valence-electron chi connectivity index (χ3n) is 5.32. The van der Waals surface area contributed by atoms with E-state index in [0.717, 1.165) is 53.1 Å². The average Bonchev–Trinajstić information content (AvgIpc) is 3.37. The van der Waals surface area contributed by atoms with Crippen LogP contribution in [-0.4, -0.2) is 33.9 Å². The van der Waals surface area contributed by atoms with Crippen LogP contribution < -0.4 is 10.2 Å². The summed E-state index contributed by atoms with van der Waals surface area (Å²) in [6.45, 7) is 4.77. The summed E-state index contributed by atoms with van der Waals surface area (Å²) in [7, 11) is 0. The average molecular weight is 434 g/mol. The lowest BCUT2D eigenvalue weighted by molar-refractivity contribution is 0.0951. The van der Waals surface area contributed by atoms with Crippen molar-refractivity contribution in [2.24, 2.45) is 0 Å². The molecular formula is C24H27N5OS. The molecule has 1 saturated heterocycles. The lowest BCUT2D eigenvalue weighted by Gasteiger charge is -2.17. The minimum atomic E-state index is -0.0785. The van der Waals surface area contributed by atoms with E-state index in [4.69, 9.17) is 9.97 Å². The predicted octanol–water partition coefficient (Wildman–Crippen LogP) is 4.26. The minimum Gasteiger partial charge on any atom is -0.356 e. The third-order valence-corrected chi connectivity index (χ3v) is 6.24. The second-order valence-electron chi connectivity index (χ2n) is 7.57. The molecule has 0 saturated carbocycles. The third kappa shape index (κ3) is 5.82. The Morgan fingerprint density at radius 2 is 1.77 bits per heavy atom. The van der Waals surface area contributed by atoms with Crippen LogP contribution in [0.15, 0.2) is 60.0 Å². The molecule has 1 amide bonds. The number of amides is 1. The molecule has 0 bridgehead atoms. The number of nitrogens with zero attached hydrogens (tertiary/aromatic N) is 4. The van der Waals surface area contributed by atoms with E-state index in [-0.39, 0.29) is 5.91 Å². The molecule has 3 aromatic rings. The zero-order valence-corrected chi connectivity index (χ0v) is 18.6. The van der Waals surface area contributed by atoms with Crippen LogP contribution in [0.5, 0.6) is 0 Å². The van der Waals surface area contributed by atoms with Crippen LogP contribution in [0.2, 0.25) is 0 Å². The Balaban J connectivity index is 1.35. The van der Waals surface area contributed by atoms with Gasteiger partial charge < -0.3 is 10.2 Å². The van der Waals surface area contributed by atoms with E-state index in [2.05, 4.69) is 28.2 Å². The maximum absolute atomic E-state index is 12.4. The highest BCUT2D eigenvalue weighted by Crippen LogP contribution is 2.25. The van der Waals surface area contributed by atoms with E-state index >= 15 is 0 Å². The number of benzene rings is 1. The van der Waals surface area contributed by atoms with Crippen molar-refractivity contribution in [3.05, 3.63) is 77.2 Å². The Labute approximate surface area is 187 Å². The van der Waals surface area contributed by atoms with Crippen LogP contribution >= 0.6 is 11.8 Å². The van der Waals surface area contributed by atoms with Crippen LogP contribution in [0.1, 0.15) is 46.9 Å². The first-order valence-corrected chi connectivity index (χ1v) is 11.7. The molecule has 160 valence electrons. The van der Waals surface area contributed by atoms with Crippen LogP contribution in [-0.2, 0) is 18.7 Å². The van der Waals surface area contributed by atoms with Crippen LogP contribution in [0, 0.1) is 0 Å². The molecular weight excluding hydrogens is 406 g/mol. The molecule has 1 aromatic carbocycles. The van der Waals surface area contributed by atoms with Gasteiger partial charge in [-0.05, 0) is 54.7 Å². The first kappa shape index (κ1) is 21.3. The fraction of sp³-hybridized carbons (Fsp3) is 0.333. The first-order valence-electron chi connectivity index (χ1n) is 10.7. The number of hydrogen-bond donors (Lipinski definition) is 1. The van der Waals surface area contributed by atoms with Crippen LogP contribution in [0.4, 0.5) is 5.82 Å². The number of hydrogen-bond acceptors (Lipinski definition) is 6. The monoisotopic (exact) mass is 433 g/mol. The summed E-state index contributed by atoms with van der Waals surface area (Å²) in [6.07, 6.45) is 6.82. The largest absolute Gasteiger partial charge is 0.356 e. The molecule has 1 fully saturated rings. The van der Waals surface area contributed by atoms with Gasteiger partial charge in [-0.3, -0.25) is 9.78 Å². The van der Waals surface area contributed by atoms with Gasteiger partial charge >= 0.3 is 0 Å². The Bertz CT molecular complexity index is 1000. The SMILES string of the molecule is CCc1cc(N2CCCC2)nc(SCc2ccc(C(=O)NCc3ccncc3)cc2)n1. The Hall–Kier alpha value is -2.93. The first-order chi connectivity index (χ1) is 15.2. The van der Waals surface area contributed by atoms with Gasteiger partial charge in [0.2, 0.25) is 0 Å². The van der Waals surface area contributed by atoms with Crippen molar-refractivity contribution in [3.63, 3.8) is 0 Å². The van der Waals surface area contributed by atoms with Gasteiger partial charge in [0.1, 0.15) is 5.82 Å². The molecule has 0 aliphatic carbocycles. The van der Waals surface area contributed by atoms with Gasteiger partial charge in [-0.25, -0.2) is 9.97 Å². The molecule has 4 rings (SSSR count). The number of anilines is 1. The van der Waals surface area contributed by atoms with Crippen LogP contribution in [0.25, 0.3) is 0 Å². The highest BCUT2D eigenvalue weighted by atomic mass is 32.2. The zero-order chi connectivity index (χ0) is 21.5. The Morgan fingerprint density at radius 3 is 2.48 bits per heavy atom. The second-order valence-corrected chi connectivity index (χ2v) is 8.51. The van der Waals surface area contributed by atoms with Gasteiger partial charge in [0.25, 0.3) is 5.91 Å². The van der Waals surface area contributed by atoms with Crippen molar-refractivity contribution < 1.29 is 4.79 Å². The van der Waals surface area contributed by atoms with Crippen molar-refractivity contribution in [3.8, 4) is 0 Å². The Morgan fingerprint density at radius 1 is 1.03 bits per heavy atom. The standard InChI is InChI=1S/C24H27N5OS/c1-2-21-15-22(29-13-3-4-14-29)28-24(27-21)31-17-19-5-7-20(8-6-19)23(30)26-16-18-9-11-25-12-10-18/h5-12,15H,2-4,13-14,16-17H2,1H3,(H,26,30). The maximum atomic E-state index is 12.4. The predicted molar refractivity (Wildman–Crippen MR) is 124 cm³/mol. The molecule has 3 heterocycles. The smallest absolute Gasteiger partial charge is 0.251 e. The highest BCUT2D eigenvalue weighted by Gasteiger charge is 2.16. The number of aryl methyl sites for hydroxylation is 1. The molecule has 0 unspecified atom stereocenters. The number of carbonyl (C=O) groups is 1. The van der Waals surface area contributed by atoms with Crippen molar-refractivity contribution in [1.82, 2.24) is 20.3 Å². The number of nitrogens with one attached hydrogen (secondary N) is 1. The van der Waals surface area contributed by atoms with Gasteiger partial charge in [0, 0.05) is 55.1 Å². The summed E-state index contributed by atoms with van der Waals surface area (Å²) in [5.74, 6) is 1.74. The van der Waals surface area contributed by atoms with Gasteiger partial charge in [-0.2, -0.15) is 0 Å². The molecule has 31 heavy (non-hydrogen) atoms. The molecule has 6 nitrogen and oxygen atoms in total. The topological polar surface area (TPSA) is 71.0 Å². The summed E-state index contributed by atoms with van der Waals surface area (Å²) in [5.41, 5.74) is 3.91. The molecule has 1 aliphatic heterocycles. The van der Waals surface area contributed by atoms with Crippen molar-refractivity contribution in [1.29, 1.82) is 0 Å². The van der Waals surface area contributed by atoms with E-state index < -0.39 is 0 Å². The number of pyridine rings is 1. The molecule has 0 atom stereocenters. The van der Waals surface area contributed by atoms with Gasteiger partial charge in [-0.1, -0.05) is 30.8 Å². The summed E-state index contributed by atoms with van der Waals surface area (Å²) < 4.78 is 0. The van der Waals surface area contributed by atoms with E-state index in [1.807, 2.05) is 36.4 Å². The number of rotatable bonds is 8. The molecule has 1 aliphatic rings. The lowest BCUT2D eigenvalue weighted by Crippen LogP contribution is -2.22. The molecule has 0 radical (unpaired) electrons. The van der Waals surface area contributed by atoms with Crippen molar-refractivity contribution >= 4 is 23.5 Å². The fourth-order valence-corrected chi connectivity index (χ4v) is 4.33. The fourth-order valence-electron chi connectivity index (χ4n) is 3.50. The van der Waals surface area contributed by atoms with Gasteiger partial charge in [-0.15, -0.1) is 0 Å². The van der Waals surface area contributed by atoms with Gasteiger partial charge in [0.05, 0.1) is 0 Å². The highest BCUT2D eigenvalue weighted by molar-refractivity contribution is 7.98. The van der Waals surface area contributed by atoms with E-state index in [9.17, 15) is 4.79 Å². The number of thioether (sulfide) groups is 1. The van der Waals surface area contributed by atoms with Crippen LogP contribution in [0.3, 0.4) is 0 Å². The lowest BCUT2D eigenvalue weighted by atomic mass is 10.1. The maximum Gasteiger partial charge on any atom is 0.251 e. The van der Waals surface area contributed by atoms with E-state index in [0.29, 0.717) is 12.1 Å². The summed E-state index contributed by atoms with van der Waals surface area (Å²) in [6, 6.07) is 13.7. The number of carbonyl (C=O) groups excluding carboxylic acids is 1. The summed E-state index contributed by atoms with van der Waals surface area (Å²) in [4.78, 5) is 28.2. The van der Waals surface area contributed by atoms with Gasteiger partial charge in [0.15, 0.2) is 5.16 Å². The summed E-state index contributed by atoms with van der Waals surface area (Å²) in [5, 5.41) is 3.76. The van der Waals surface area contributed by atoms with Crippen molar-refractivity contribution in [2.45, 2.75) is 43.6 Å². The zero-order valence-electron chi connectivity index (χ0n) is 17.8. The quantitative estimate of drug-likeness (QED) is 0.423. The second kappa shape index (κ2) is 10.4. The molecule has 2 aromatic heterocycles. The molecule has 0 spiro atoms. The molecule has 1 N–H and O–H groups in total. The Kier molecular flexibility index (Phi) is 7.14. The van der Waals surface area contributed by atoms with E-state index in [1.54, 1.807) is 24.2 Å². The summed E-state index contributed by atoms with van der Waals surface area (Å²) >= 11 is 1.64. The normalized spacial score (nSPS) is 13.4. The van der Waals surface area contributed by atoms with Crippen molar-refractivity contribution in [2.75, 3.05) is 18.0 Å². The molecule has 7 heteroatoms. The van der Waals surface area contributed by atoms with E-state index in [1.165, 1.54) is 12.8 Å². The number of aromatic nitrogens is 3.